The standard InChI is InChI=1S/C17H22F2N2O3/c1-10(2)15(17(24)21-8-6-11(22)7-9-21)20-16(23)14-12(18)4-3-5-13(14)19/h3-5,10-11,15,22H,6-9H2,1-2H3,(H,20,23). The van der Waals surface area contributed by atoms with Crippen LogP contribution in [0.3, 0.4) is 0 Å². The number of hydrogen-bond acceptors (Lipinski definition) is 3. The molecule has 0 aromatic heterocycles. The van der Waals surface area contributed by atoms with Gasteiger partial charge in [0.1, 0.15) is 23.2 Å². The van der Waals surface area contributed by atoms with E-state index in [0.29, 0.717) is 25.9 Å². The summed E-state index contributed by atoms with van der Waals surface area (Å²) in [5.41, 5.74) is -0.690. The van der Waals surface area contributed by atoms with Crippen LogP contribution in [0.2, 0.25) is 0 Å². The third-order valence-corrected chi connectivity index (χ3v) is 4.19. The van der Waals surface area contributed by atoms with E-state index < -0.39 is 35.3 Å². The van der Waals surface area contributed by atoms with Crippen molar-refractivity contribution >= 4 is 11.8 Å². The smallest absolute Gasteiger partial charge is 0.257 e. The molecule has 1 atom stereocenters. The number of carbonyl (C=O) groups is 2. The van der Waals surface area contributed by atoms with Gasteiger partial charge in [0.05, 0.1) is 6.10 Å². The maximum absolute atomic E-state index is 13.7. The molecule has 0 spiro atoms. The van der Waals surface area contributed by atoms with Crippen molar-refractivity contribution in [1.82, 2.24) is 10.2 Å². The largest absolute Gasteiger partial charge is 0.393 e. The predicted molar refractivity (Wildman–Crippen MR) is 84.3 cm³/mol. The van der Waals surface area contributed by atoms with Gasteiger partial charge in [0.2, 0.25) is 5.91 Å². The van der Waals surface area contributed by atoms with E-state index in [4.69, 9.17) is 0 Å². The number of rotatable bonds is 4. The van der Waals surface area contributed by atoms with E-state index in [9.17, 15) is 23.5 Å². The first-order valence-electron chi connectivity index (χ1n) is 8.03. The van der Waals surface area contributed by atoms with Crippen molar-refractivity contribution in [3.63, 3.8) is 0 Å². The molecule has 1 fully saturated rings. The van der Waals surface area contributed by atoms with E-state index in [0.717, 1.165) is 12.1 Å². The molecule has 5 nitrogen and oxygen atoms in total. The van der Waals surface area contributed by atoms with E-state index >= 15 is 0 Å². The molecule has 1 aliphatic heterocycles. The zero-order valence-electron chi connectivity index (χ0n) is 13.8. The van der Waals surface area contributed by atoms with Crippen molar-refractivity contribution in [3.05, 3.63) is 35.4 Å². The summed E-state index contributed by atoms with van der Waals surface area (Å²) in [5, 5.41) is 12.0. The maximum atomic E-state index is 13.7. The van der Waals surface area contributed by atoms with Gasteiger partial charge in [-0.05, 0) is 30.9 Å². The number of aliphatic hydroxyl groups excluding tert-OH is 1. The predicted octanol–water partition coefficient (Wildman–Crippen LogP) is 1.70. The Hall–Kier alpha value is -2.02. The average molecular weight is 340 g/mol. The highest BCUT2D eigenvalue weighted by Crippen LogP contribution is 2.16. The minimum Gasteiger partial charge on any atom is -0.393 e. The lowest BCUT2D eigenvalue weighted by Gasteiger charge is -2.34. The van der Waals surface area contributed by atoms with Crippen molar-refractivity contribution < 1.29 is 23.5 Å². The van der Waals surface area contributed by atoms with Gasteiger partial charge in [0, 0.05) is 13.1 Å². The van der Waals surface area contributed by atoms with E-state index in [1.54, 1.807) is 18.7 Å². The van der Waals surface area contributed by atoms with Gasteiger partial charge in [-0.25, -0.2) is 8.78 Å². The highest BCUT2D eigenvalue weighted by molar-refractivity contribution is 5.98. The second kappa shape index (κ2) is 7.70. The minimum atomic E-state index is -0.969. The van der Waals surface area contributed by atoms with E-state index in [-0.39, 0.29) is 11.8 Å². The zero-order chi connectivity index (χ0) is 17.9. The van der Waals surface area contributed by atoms with Gasteiger partial charge in [-0.15, -0.1) is 0 Å². The number of nitrogens with one attached hydrogen (secondary N) is 1. The molecule has 1 aromatic rings. The summed E-state index contributed by atoms with van der Waals surface area (Å²) in [6.07, 6.45) is 0.535. The third kappa shape index (κ3) is 4.08. The Kier molecular flexibility index (Phi) is 5.88. The summed E-state index contributed by atoms with van der Waals surface area (Å²) in [6, 6.07) is 2.28. The Morgan fingerprint density at radius 2 is 1.75 bits per heavy atom. The van der Waals surface area contributed by atoms with Gasteiger partial charge < -0.3 is 15.3 Å². The summed E-state index contributed by atoms with van der Waals surface area (Å²) < 4.78 is 27.5. The monoisotopic (exact) mass is 340 g/mol. The van der Waals surface area contributed by atoms with Crippen LogP contribution in [0.4, 0.5) is 8.78 Å². The number of piperidine rings is 1. The van der Waals surface area contributed by atoms with Gasteiger partial charge in [0.15, 0.2) is 0 Å². The summed E-state index contributed by atoms with van der Waals surface area (Å²) in [6.45, 7) is 4.29. The van der Waals surface area contributed by atoms with Crippen molar-refractivity contribution in [1.29, 1.82) is 0 Å². The molecule has 1 heterocycles. The zero-order valence-corrected chi connectivity index (χ0v) is 13.8. The molecule has 1 aliphatic rings. The molecule has 1 unspecified atom stereocenters. The molecule has 132 valence electrons. The quantitative estimate of drug-likeness (QED) is 0.877. The van der Waals surface area contributed by atoms with Gasteiger partial charge in [0.25, 0.3) is 5.91 Å². The maximum Gasteiger partial charge on any atom is 0.257 e. The van der Waals surface area contributed by atoms with Gasteiger partial charge in [-0.3, -0.25) is 9.59 Å². The van der Waals surface area contributed by atoms with Crippen LogP contribution >= 0.6 is 0 Å². The van der Waals surface area contributed by atoms with Crippen molar-refractivity contribution in [2.24, 2.45) is 5.92 Å². The SMILES string of the molecule is CC(C)C(NC(=O)c1c(F)cccc1F)C(=O)N1CCC(O)CC1. The first kappa shape index (κ1) is 18.3. The van der Waals surface area contributed by atoms with Crippen LogP contribution in [0.5, 0.6) is 0 Å². The second-order valence-electron chi connectivity index (χ2n) is 6.35. The van der Waals surface area contributed by atoms with Gasteiger partial charge in [-0.2, -0.15) is 0 Å². The summed E-state index contributed by atoms with van der Waals surface area (Å²) in [4.78, 5) is 26.4. The Balaban J connectivity index is 2.13. The molecule has 2 rings (SSSR count). The number of hydrogen-bond donors (Lipinski definition) is 2. The highest BCUT2D eigenvalue weighted by Gasteiger charge is 2.32. The lowest BCUT2D eigenvalue weighted by Crippen LogP contribution is -2.53. The molecular formula is C17H22F2N2O3. The van der Waals surface area contributed by atoms with Crippen LogP contribution in [0.25, 0.3) is 0 Å². The summed E-state index contributed by atoms with van der Waals surface area (Å²) in [7, 11) is 0. The molecule has 0 bridgehead atoms. The lowest BCUT2D eigenvalue weighted by atomic mass is 10.00. The molecule has 1 saturated heterocycles. The fourth-order valence-electron chi connectivity index (χ4n) is 2.72. The highest BCUT2D eigenvalue weighted by atomic mass is 19.1. The Labute approximate surface area is 139 Å². The molecule has 1 aromatic carbocycles. The fraction of sp³-hybridized carbons (Fsp3) is 0.529. The molecule has 0 radical (unpaired) electrons. The molecule has 0 aliphatic carbocycles. The molecule has 0 saturated carbocycles. The molecular weight excluding hydrogens is 318 g/mol. The number of nitrogens with zero attached hydrogens (tertiary/aromatic N) is 1. The molecule has 2 amide bonds. The van der Waals surface area contributed by atoms with Gasteiger partial charge >= 0.3 is 0 Å². The van der Waals surface area contributed by atoms with Crippen molar-refractivity contribution in [3.8, 4) is 0 Å². The van der Waals surface area contributed by atoms with Crippen LogP contribution in [-0.4, -0.2) is 47.1 Å². The van der Waals surface area contributed by atoms with Crippen molar-refractivity contribution in [2.45, 2.75) is 38.8 Å². The third-order valence-electron chi connectivity index (χ3n) is 4.19. The van der Waals surface area contributed by atoms with Gasteiger partial charge in [-0.1, -0.05) is 19.9 Å². The van der Waals surface area contributed by atoms with Crippen LogP contribution in [0, 0.1) is 17.6 Å². The second-order valence-corrected chi connectivity index (χ2v) is 6.35. The first-order chi connectivity index (χ1) is 11.3. The van der Waals surface area contributed by atoms with Crippen LogP contribution in [0.1, 0.15) is 37.0 Å². The number of halogens is 2. The molecule has 7 heteroatoms. The minimum absolute atomic E-state index is 0.247. The van der Waals surface area contributed by atoms with E-state index in [2.05, 4.69) is 5.32 Å². The number of aliphatic hydroxyl groups is 1. The number of benzene rings is 1. The fourth-order valence-corrected chi connectivity index (χ4v) is 2.72. The van der Waals surface area contributed by atoms with Crippen LogP contribution < -0.4 is 5.32 Å². The summed E-state index contributed by atoms with van der Waals surface area (Å²) >= 11 is 0. The average Bonchev–Trinajstić information content (AvgIpc) is 2.52. The number of carbonyl (C=O) groups excluding carboxylic acids is 2. The molecule has 2 N–H and O–H groups in total. The Morgan fingerprint density at radius 3 is 2.25 bits per heavy atom. The van der Waals surface area contributed by atoms with Crippen LogP contribution in [-0.2, 0) is 4.79 Å². The van der Waals surface area contributed by atoms with Crippen LogP contribution in [0.15, 0.2) is 18.2 Å². The number of amides is 2. The van der Waals surface area contributed by atoms with Crippen molar-refractivity contribution in [2.75, 3.05) is 13.1 Å². The normalized spacial score (nSPS) is 17.0. The van der Waals surface area contributed by atoms with E-state index in [1.807, 2.05) is 0 Å². The Morgan fingerprint density at radius 1 is 1.21 bits per heavy atom. The molecule has 24 heavy (non-hydrogen) atoms. The number of likely N-dealkylation sites (tertiary alicyclic amines) is 1. The topological polar surface area (TPSA) is 69.6 Å². The Bertz CT molecular complexity index is 594. The van der Waals surface area contributed by atoms with E-state index in [1.165, 1.54) is 6.07 Å². The summed E-state index contributed by atoms with van der Waals surface area (Å²) in [5.74, 6) is -3.44. The lowest BCUT2D eigenvalue weighted by molar-refractivity contribution is -0.136. The first-order valence-corrected chi connectivity index (χ1v) is 8.03.